The molecule has 0 aromatic carbocycles. The first-order valence-corrected chi connectivity index (χ1v) is 3.60. The monoisotopic (exact) mass is 158 g/mol. The third-order valence-corrected chi connectivity index (χ3v) is 1.52. The molecule has 54 valence electrons. The van der Waals surface area contributed by atoms with Gasteiger partial charge in [0.05, 0.1) is 0 Å². The molecule has 0 spiro atoms. The van der Waals surface area contributed by atoms with Gasteiger partial charge in [0, 0.05) is 5.38 Å². The minimum absolute atomic E-state index is 0.267. The molecule has 0 saturated heterocycles. The van der Waals surface area contributed by atoms with E-state index in [0.29, 0.717) is 5.75 Å². The molecule has 1 N–H and O–H groups in total. The molecule has 0 atom stereocenters. The second kappa shape index (κ2) is 3.22. The lowest BCUT2D eigenvalue weighted by molar-refractivity contribution is -0.139. The van der Waals surface area contributed by atoms with Crippen LogP contribution in [0.25, 0.3) is 0 Å². The molecular weight excluding hydrogens is 152 g/mol. The van der Waals surface area contributed by atoms with Gasteiger partial charge in [0.15, 0.2) is 6.61 Å². The maximum absolute atomic E-state index is 9.97. The van der Waals surface area contributed by atoms with E-state index in [-0.39, 0.29) is 6.61 Å². The van der Waals surface area contributed by atoms with Gasteiger partial charge in [-0.1, -0.05) is 0 Å². The van der Waals surface area contributed by atoms with Crippen LogP contribution in [0.2, 0.25) is 0 Å². The van der Waals surface area contributed by atoms with Crippen molar-refractivity contribution in [3.63, 3.8) is 0 Å². The van der Waals surface area contributed by atoms with Crippen LogP contribution in [0.3, 0.4) is 0 Å². The summed E-state index contributed by atoms with van der Waals surface area (Å²) in [7, 11) is 0. The molecular formula is C6H6O3S. The Morgan fingerprint density at radius 3 is 3.10 bits per heavy atom. The summed E-state index contributed by atoms with van der Waals surface area (Å²) >= 11 is 1.47. The van der Waals surface area contributed by atoms with E-state index in [4.69, 9.17) is 9.84 Å². The summed E-state index contributed by atoms with van der Waals surface area (Å²) in [4.78, 5) is 9.97. The number of carboxylic acid groups (broad SMARTS) is 1. The van der Waals surface area contributed by atoms with E-state index in [1.54, 1.807) is 11.4 Å². The highest BCUT2D eigenvalue weighted by atomic mass is 32.1. The quantitative estimate of drug-likeness (QED) is 0.719. The summed E-state index contributed by atoms with van der Waals surface area (Å²) in [6.45, 7) is -0.267. The zero-order valence-electron chi connectivity index (χ0n) is 5.11. The number of rotatable bonds is 3. The maximum Gasteiger partial charge on any atom is 0.341 e. The lowest BCUT2D eigenvalue weighted by Crippen LogP contribution is -2.08. The summed E-state index contributed by atoms with van der Waals surface area (Å²) < 4.78 is 4.82. The van der Waals surface area contributed by atoms with E-state index < -0.39 is 5.97 Å². The van der Waals surface area contributed by atoms with E-state index in [0.717, 1.165) is 0 Å². The van der Waals surface area contributed by atoms with Crippen LogP contribution in [0.1, 0.15) is 0 Å². The number of carbonyl (C=O) groups is 1. The lowest BCUT2D eigenvalue weighted by atomic mass is 10.6. The largest absolute Gasteiger partial charge is 0.481 e. The molecule has 3 nitrogen and oxygen atoms in total. The van der Waals surface area contributed by atoms with Gasteiger partial charge in [-0.15, -0.1) is 11.3 Å². The Morgan fingerprint density at radius 1 is 1.80 bits per heavy atom. The predicted molar refractivity (Wildman–Crippen MR) is 37.4 cm³/mol. The van der Waals surface area contributed by atoms with E-state index >= 15 is 0 Å². The third kappa shape index (κ3) is 2.06. The standard InChI is InChI=1S/C6H6O3S/c7-6(8)3-9-5-1-2-10-4-5/h1-2,4H,3H2,(H,7,8). The number of ether oxygens (including phenoxy) is 1. The Balaban J connectivity index is 2.35. The number of hydrogen-bond acceptors (Lipinski definition) is 3. The molecule has 0 saturated carbocycles. The van der Waals surface area contributed by atoms with Gasteiger partial charge in [-0.2, -0.15) is 0 Å². The van der Waals surface area contributed by atoms with Gasteiger partial charge in [0.2, 0.25) is 0 Å². The molecule has 0 fully saturated rings. The highest BCUT2D eigenvalue weighted by Gasteiger charge is 1.97. The Bertz CT molecular complexity index is 205. The van der Waals surface area contributed by atoms with Gasteiger partial charge in [-0.3, -0.25) is 0 Å². The van der Waals surface area contributed by atoms with Crippen molar-refractivity contribution in [1.82, 2.24) is 0 Å². The lowest BCUT2D eigenvalue weighted by Gasteiger charge is -1.96. The van der Waals surface area contributed by atoms with Gasteiger partial charge in [0.25, 0.3) is 0 Å². The van der Waals surface area contributed by atoms with Gasteiger partial charge in [0.1, 0.15) is 5.75 Å². The number of hydrogen-bond donors (Lipinski definition) is 1. The first-order chi connectivity index (χ1) is 4.79. The molecule has 0 aliphatic rings. The normalized spacial score (nSPS) is 9.20. The summed E-state index contributed by atoms with van der Waals surface area (Å²) in [5.74, 6) is -0.335. The number of aliphatic carboxylic acids is 1. The van der Waals surface area contributed by atoms with Crippen LogP contribution in [0, 0.1) is 0 Å². The van der Waals surface area contributed by atoms with Crippen molar-refractivity contribution in [3.8, 4) is 5.75 Å². The van der Waals surface area contributed by atoms with E-state index in [1.165, 1.54) is 11.3 Å². The molecule has 0 bridgehead atoms. The van der Waals surface area contributed by atoms with Crippen LogP contribution in [0.5, 0.6) is 5.75 Å². The summed E-state index contributed by atoms with van der Waals surface area (Å²) in [6.07, 6.45) is 0. The van der Waals surface area contributed by atoms with Crippen LogP contribution in [0.4, 0.5) is 0 Å². The fraction of sp³-hybridized carbons (Fsp3) is 0.167. The van der Waals surface area contributed by atoms with Gasteiger partial charge < -0.3 is 9.84 Å². The van der Waals surface area contributed by atoms with Crippen molar-refractivity contribution in [2.75, 3.05) is 6.61 Å². The summed E-state index contributed by atoms with van der Waals surface area (Å²) in [5, 5.41) is 11.8. The molecule has 10 heavy (non-hydrogen) atoms. The van der Waals surface area contributed by atoms with Crippen LogP contribution in [-0.2, 0) is 4.79 Å². The predicted octanol–water partition coefficient (Wildman–Crippen LogP) is 1.21. The van der Waals surface area contributed by atoms with Crippen molar-refractivity contribution < 1.29 is 14.6 Å². The zero-order valence-corrected chi connectivity index (χ0v) is 5.93. The second-order valence-corrected chi connectivity index (χ2v) is 2.42. The molecule has 0 amide bonds. The van der Waals surface area contributed by atoms with Crippen molar-refractivity contribution >= 4 is 17.3 Å². The van der Waals surface area contributed by atoms with Crippen LogP contribution in [0.15, 0.2) is 16.8 Å². The van der Waals surface area contributed by atoms with Crippen LogP contribution >= 0.6 is 11.3 Å². The highest BCUT2D eigenvalue weighted by Crippen LogP contribution is 2.13. The maximum atomic E-state index is 9.97. The highest BCUT2D eigenvalue weighted by molar-refractivity contribution is 7.08. The molecule has 1 rings (SSSR count). The fourth-order valence-corrected chi connectivity index (χ4v) is 1.05. The second-order valence-electron chi connectivity index (χ2n) is 1.64. The Morgan fingerprint density at radius 2 is 2.60 bits per heavy atom. The molecule has 0 unspecified atom stereocenters. The fourth-order valence-electron chi connectivity index (χ4n) is 0.479. The summed E-state index contributed by atoms with van der Waals surface area (Å²) in [6, 6.07) is 1.73. The van der Waals surface area contributed by atoms with E-state index in [2.05, 4.69) is 0 Å². The molecule has 0 aliphatic heterocycles. The van der Waals surface area contributed by atoms with Crippen molar-refractivity contribution in [2.45, 2.75) is 0 Å². The molecule has 1 aromatic rings. The van der Waals surface area contributed by atoms with Gasteiger partial charge in [-0.25, -0.2) is 4.79 Å². The molecule has 1 heterocycles. The van der Waals surface area contributed by atoms with Crippen LogP contribution < -0.4 is 4.74 Å². The van der Waals surface area contributed by atoms with Crippen molar-refractivity contribution in [3.05, 3.63) is 16.8 Å². The minimum Gasteiger partial charge on any atom is -0.481 e. The van der Waals surface area contributed by atoms with Crippen LogP contribution in [-0.4, -0.2) is 17.7 Å². The van der Waals surface area contributed by atoms with Crippen molar-refractivity contribution in [1.29, 1.82) is 0 Å². The van der Waals surface area contributed by atoms with Crippen molar-refractivity contribution in [2.24, 2.45) is 0 Å². The first-order valence-electron chi connectivity index (χ1n) is 2.66. The molecule has 1 aromatic heterocycles. The number of carboxylic acids is 1. The average molecular weight is 158 g/mol. The zero-order chi connectivity index (χ0) is 7.40. The Kier molecular flexibility index (Phi) is 2.28. The molecule has 4 heteroatoms. The van der Waals surface area contributed by atoms with E-state index in [9.17, 15) is 4.79 Å². The smallest absolute Gasteiger partial charge is 0.341 e. The first kappa shape index (κ1) is 7.08. The Labute approximate surface area is 61.9 Å². The SMILES string of the molecule is O=C(O)COc1ccsc1. The summed E-state index contributed by atoms with van der Waals surface area (Å²) in [5.41, 5.74) is 0. The topological polar surface area (TPSA) is 46.5 Å². The van der Waals surface area contributed by atoms with Gasteiger partial charge in [-0.05, 0) is 11.4 Å². The average Bonchev–Trinajstić information content (AvgIpc) is 2.34. The Hall–Kier alpha value is -1.03. The number of thiophene rings is 1. The molecule has 0 aliphatic carbocycles. The van der Waals surface area contributed by atoms with Gasteiger partial charge >= 0.3 is 5.97 Å². The van der Waals surface area contributed by atoms with E-state index in [1.807, 2.05) is 5.38 Å². The minimum atomic E-state index is -0.953. The molecule has 0 radical (unpaired) electrons. The third-order valence-electron chi connectivity index (χ3n) is 0.857.